The van der Waals surface area contributed by atoms with Crippen LogP contribution in [0.1, 0.15) is 56.9 Å². The molecule has 0 spiro atoms. The molecule has 1 atom stereocenters. The lowest BCUT2D eigenvalue weighted by atomic mass is 9.80. The molecule has 2 aliphatic rings. The predicted octanol–water partition coefficient (Wildman–Crippen LogP) is 4.58. The Bertz CT molecular complexity index is 1020. The number of aromatic nitrogens is 3. The Balaban J connectivity index is 1.29. The normalized spacial score (nSPS) is 25.4. The van der Waals surface area contributed by atoms with Crippen LogP contribution in [-0.2, 0) is 0 Å². The van der Waals surface area contributed by atoms with E-state index in [1.54, 1.807) is 0 Å². The number of likely N-dealkylation sites (tertiary alicyclic amines) is 1. The Morgan fingerprint density at radius 3 is 2.86 bits per heavy atom. The number of hydrogen-bond donors (Lipinski definition) is 2. The number of urea groups is 1. The van der Waals surface area contributed by atoms with Gasteiger partial charge in [0.05, 0.1) is 11.7 Å². The second-order valence-corrected chi connectivity index (χ2v) is 8.85. The smallest absolute Gasteiger partial charge is 0.317 e. The summed E-state index contributed by atoms with van der Waals surface area (Å²) < 4.78 is 0. The third-order valence-electron chi connectivity index (χ3n) is 6.76. The summed E-state index contributed by atoms with van der Waals surface area (Å²) in [5, 5.41) is 5.69. The Labute approximate surface area is 171 Å². The number of amides is 2. The van der Waals surface area contributed by atoms with Gasteiger partial charge >= 0.3 is 6.03 Å². The van der Waals surface area contributed by atoms with Crippen molar-refractivity contribution in [2.75, 3.05) is 13.1 Å². The van der Waals surface area contributed by atoms with Crippen molar-refractivity contribution in [3.8, 4) is 0 Å². The summed E-state index contributed by atoms with van der Waals surface area (Å²) in [4.78, 5) is 26.8. The summed E-state index contributed by atoms with van der Waals surface area (Å²) in [6.45, 7) is 4.03. The molecule has 0 radical (unpaired) electrons. The number of carbonyl (C=O) groups is 1. The summed E-state index contributed by atoms with van der Waals surface area (Å²) in [6.07, 6.45) is 12.4. The first-order valence-corrected chi connectivity index (χ1v) is 10.9. The van der Waals surface area contributed by atoms with Crippen molar-refractivity contribution >= 4 is 28.0 Å². The van der Waals surface area contributed by atoms with Crippen LogP contribution >= 0.6 is 0 Å². The van der Waals surface area contributed by atoms with Crippen LogP contribution in [0.2, 0.25) is 0 Å². The van der Waals surface area contributed by atoms with Crippen LogP contribution in [0.4, 0.5) is 4.79 Å². The number of H-pyrrole nitrogens is 1. The lowest BCUT2D eigenvalue weighted by Crippen LogP contribution is -2.49. The average molecular weight is 392 g/mol. The molecule has 6 heteroatoms. The number of pyridine rings is 2. The summed E-state index contributed by atoms with van der Waals surface area (Å²) in [6, 6.07) is 4.70. The van der Waals surface area contributed by atoms with Gasteiger partial charge in [-0.3, -0.25) is 0 Å². The van der Waals surface area contributed by atoms with E-state index in [1.165, 1.54) is 17.4 Å². The zero-order valence-corrected chi connectivity index (χ0v) is 17.0. The zero-order chi connectivity index (χ0) is 19.8. The molecule has 3 aromatic heterocycles. The van der Waals surface area contributed by atoms with Gasteiger partial charge in [-0.25, -0.2) is 14.8 Å². The summed E-state index contributed by atoms with van der Waals surface area (Å²) in [7, 11) is 0. The van der Waals surface area contributed by atoms with E-state index in [4.69, 9.17) is 0 Å². The van der Waals surface area contributed by atoms with Crippen LogP contribution in [0.15, 0.2) is 30.7 Å². The molecule has 1 aliphatic carbocycles. The Morgan fingerprint density at radius 2 is 2.03 bits per heavy atom. The molecule has 2 fully saturated rings. The number of aromatic amines is 1. The van der Waals surface area contributed by atoms with Crippen LogP contribution in [0.25, 0.3) is 21.9 Å². The summed E-state index contributed by atoms with van der Waals surface area (Å²) >= 11 is 0. The molecule has 0 bridgehead atoms. The topological polar surface area (TPSA) is 73.9 Å². The Kier molecular flexibility index (Phi) is 4.86. The maximum Gasteiger partial charge on any atom is 0.317 e. The van der Waals surface area contributed by atoms with Crippen molar-refractivity contribution in [3.63, 3.8) is 0 Å². The van der Waals surface area contributed by atoms with Gasteiger partial charge in [0.15, 0.2) is 5.65 Å². The van der Waals surface area contributed by atoms with Crippen LogP contribution in [0, 0.1) is 5.92 Å². The van der Waals surface area contributed by atoms with Crippen molar-refractivity contribution in [2.24, 2.45) is 5.92 Å². The minimum atomic E-state index is 0.135. The van der Waals surface area contributed by atoms with E-state index in [1.807, 2.05) is 23.5 Å². The van der Waals surface area contributed by atoms with E-state index >= 15 is 0 Å². The van der Waals surface area contributed by atoms with Gasteiger partial charge in [-0.15, -0.1) is 0 Å². The molecule has 1 saturated carbocycles. The van der Waals surface area contributed by atoms with Gasteiger partial charge in [-0.1, -0.05) is 6.92 Å². The van der Waals surface area contributed by atoms with Crippen LogP contribution < -0.4 is 5.32 Å². The average Bonchev–Trinajstić information content (AvgIpc) is 3.23. The number of hydrogen-bond acceptors (Lipinski definition) is 3. The first-order valence-electron chi connectivity index (χ1n) is 10.9. The second kappa shape index (κ2) is 7.65. The summed E-state index contributed by atoms with van der Waals surface area (Å²) in [5.41, 5.74) is 3.27. The molecule has 1 unspecified atom stereocenters. The van der Waals surface area contributed by atoms with E-state index < -0.39 is 0 Å². The number of piperidine rings is 1. The molecule has 2 N–H and O–H groups in total. The highest BCUT2D eigenvalue weighted by Crippen LogP contribution is 2.38. The van der Waals surface area contributed by atoms with Crippen molar-refractivity contribution in [1.82, 2.24) is 25.2 Å². The van der Waals surface area contributed by atoms with Crippen LogP contribution in [-0.4, -0.2) is 45.0 Å². The maximum absolute atomic E-state index is 12.7. The molecule has 152 valence electrons. The largest absolute Gasteiger partial charge is 0.360 e. The Hall–Kier alpha value is -2.63. The molecule has 2 amide bonds. The van der Waals surface area contributed by atoms with Gasteiger partial charge < -0.3 is 15.2 Å². The van der Waals surface area contributed by atoms with E-state index in [0.29, 0.717) is 17.9 Å². The first-order chi connectivity index (χ1) is 14.2. The molecule has 0 aromatic carbocycles. The first kappa shape index (κ1) is 18.4. The fourth-order valence-corrected chi connectivity index (χ4v) is 5.21. The lowest BCUT2D eigenvalue weighted by molar-refractivity contribution is 0.163. The number of rotatable bonds is 2. The quantitative estimate of drug-likeness (QED) is 0.671. The zero-order valence-electron chi connectivity index (χ0n) is 17.0. The van der Waals surface area contributed by atoms with E-state index in [2.05, 4.69) is 39.3 Å². The van der Waals surface area contributed by atoms with Crippen molar-refractivity contribution in [1.29, 1.82) is 0 Å². The number of carbonyl (C=O) groups excluding carboxylic acids is 1. The van der Waals surface area contributed by atoms with Crippen LogP contribution in [0.3, 0.4) is 0 Å². The SMILES string of the molecule is CC1CCCN(C(=O)NC2CCC(c3cc[nH]c4cnc5nccc5c34)CC2)C1. The highest BCUT2D eigenvalue weighted by Gasteiger charge is 2.28. The molecule has 4 heterocycles. The van der Waals surface area contributed by atoms with Gasteiger partial charge in [-0.05, 0) is 68.1 Å². The molecule has 6 nitrogen and oxygen atoms in total. The summed E-state index contributed by atoms with van der Waals surface area (Å²) in [5.74, 6) is 1.13. The van der Waals surface area contributed by atoms with Gasteiger partial charge in [0.1, 0.15) is 0 Å². The molecule has 1 aliphatic heterocycles. The lowest BCUT2D eigenvalue weighted by Gasteiger charge is -2.34. The second-order valence-electron chi connectivity index (χ2n) is 8.85. The molecular formula is C23H29N5O. The predicted molar refractivity (Wildman–Crippen MR) is 115 cm³/mol. The van der Waals surface area contributed by atoms with Gasteiger partial charge in [-0.2, -0.15) is 0 Å². The molecule has 3 aromatic rings. The highest BCUT2D eigenvalue weighted by atomic mass is 16.2. The molecule has 5 rings (SSSR count). The van der Waals surface area contributed by atoms with Crippen molar-refractivity contribution < 1.29 is 4.79 Å². The van der Waals surface area contributed by atoms with E-state index in [0.717, 1.165) is 61.7 Å². The fourth-order valence-electron chi connectivity index (χ4n) is 5.21. The van der Waals surface area contributed by atoms with Crippen molar-refractivity contribution in [3.05, 3.63) is 36.3 Å². The van der Waals surface area contributed by atoms with Gasteiger partial charge in [0.25, 0.3) is 0 Å². The van der Waals surface area contributed by atoms with Gasteiger partial charge in [0, 0.05) is 42.3 Å². The maximum atomic E-state index is 12.7. The number of nitrogens with one attached hydrogen (secondary N) is 2. The Morgan fingerprint density at radius 1 is 1.17 bits per heavy atom. The minimum absolute atomic E-state index is 0.135. The fraction of sp³-hybridized carbons (Fsp3) is 0.522. The minimum Gasteiger partial charge on any atom is -0.360 e. The number of nitrogens with zero attached hydrogens (tertiary/aromatic N) is 3. The molecular weight excluding hydrogens is 362 g/mol. The molecule has 29 heavy (non-hydrogen) atoms. The van der Waals surface area contributed by atoms with Gasteiger partial charge in [0.2, 0.25) is 0 Å². The van der Waals surface area contributed by atoms with Crippen LogP contribution in [0.5, 0.6) is 0 Å². The molecule has 1 saturated heterocycles. The third kappa shape index (κ3) is 3.56. The van der Waals surface area contributed by atoms with Crippen molar-refractivity contribution in [2.45, 2.75) is 57.4 Å². The number of fused-ring (bicyclic) bond motifs is 3. The highest BCUT2D eigenvalue weighted by molar-refractivity contribution is 6.05. The standard InChI is InChI=1S/C23H29N5O/c1-15-3-2-12-28(14-15)23(29)27-17-6-4-16(5-7-17)18-8-10-24-20-13-26-22-19(21(18)20)9-11-25-22/h8-11,13,15-17,24H,2-7,12,14H2,1H3,(H,27,29). The monoisotopic (exact) mass is 391 g/mol. The van der Waals surface area contributed by atoms with E-state index in [-0.39, 0.29) is 6.03 Å². The van der Waals surface area contributed by atoms with E-state index in [9.17, 15) is 4.79 Å². The third-order valence-corrected chi connectivity index (χ3v) is 6.76.